The monoisotopic (exact) mass is 129 g/mol. The molecular weight excluding hydrogens is 118 g/mol. The fourth-order valence-corrected chi connectivity index (χ4v) is 1.05. The molecule has 0 radical (unpaired) electrons. The minimum atomic E-state index is 0.119. The van der Waals surface area contributed by atoms with Gasteiger partial charge in [-0.3, -0.25) is 4.79 Å². The zero-order chi connectivity index (χ0) is 6.69. The van der Waals surface area contributed by atoms with Gasteiger partial charge in [0.1, 0.15) is 0 Å². The van der Waals surface area contributed by atoms with Crippen molar-refractivity contribution < 1.29 is 9.90 Å². The zero-order valence-electron chi connectivity index (χ0n) is 5.26. The second-order valence-electron chi connectivity index (χ2n) is 2.32. The molecular formula is C6H11NO2. The first kappa shape index (κ1) is 6.55. The third kappa shape index (κ3) is 1.68. The first-order chi connectivity index (χ1) is 4.33. The van der Waals surface area contributed by atoms with Gasteiger partial charge in [0.15, 0.2) is 0 Å². The molecule has 9 heavy (non-hydrogen) atoms. The molecule has 1 fully saturated rings. The number of carbonyl (C=O) groups is 1. The second-order valence-corrected chi connectivity index (χ2v) is 2.32. The van der Waals surface area contributed by atoms with Crippen LogP contribution in [0.15, 0.2) is 0 Å². The summed E-state index contributed by atoms with van der Waals surface area (Å²) in [4.78, 5) is 10.5. The molecule has 1 aliphatic rings. The van der Waals surface area contributed by atoms with Crippen LogP contribution in [-0.2, 0) is 4.79 Å². The van der Waals surface area contributed by atoms with Crippen LogP contribution in [0.2, 0.25) is 0 Å². The topological polar surface area (TPSA) is 49.3 Å². The van der Waals surface area contributed by atoms with Gasteiger partial charge in [-0.2, -0.15) is 0 Å². The molecule has 3 nitrogen and oxygen atoms in total. The van der Waals surface area contributed by atoms with Gasteiger partial charge in [0.2, 0.25) is 5.91 Å². The van der Waals surface area contributed by atoms with Crippen LogP contribution in [-0.4, -0.2) is 23.7 Å². The number of carbonyl (C=O) groups excluding carboxylic acids is 1. The maximum Gasteiger partial charge on any atom is 0.220 e. The maximum atomic E-state index is 10.5. The van der Waals surface area contributed by atoms with Crippen LogP contribution in [0.5, 0.6) is 0 Å². The van der Waals surface area contributed by atoms with Crippen LogP contribution >= 0.6 is 0 Å². The lowest BCUT2D eigenvalue weighted by molar-refractivity contribution is -0.119. The van der Waals surface area contributed by atoms with E-state index in [1.165, 1.54) is 0 Å². The van der Waals surface area contributed by atoms with Crippen molar-refractivity contribution >= 4 is 5.91 Å². The SMILES string of the molecule is O=C1CC[C@H](CCO)N1. The highest BCUT2D eigenvalue weighted by molar-refractivity contribution is 5.78. The van der Waals surface area contributed by atoms with Crippen LogP contribution in [0.4, 0.5) is 0 Å². The van der Waals surface area contributed by atoms with Gasteiger partial charge < -0.3 is 10.4 Å². The van der Waals surface area contributed by atoms with Crippen LogP contribution < -0.4 is 5.32 Å². The fourth-order valence-electron chi connectivity index (χ4n) is 1.05. The number of aliphatic hydroxyl groups excluding tert-OH is 1. The van der Waals surface area contributed by atoms with Crippen molar-refractivity contribution in [2.45, 2.75) is 25.3 Å². The van der Waals surface area contributed by atoms with Gasteiger partial charge in [0, 0.05) is 19.1 Å². The van der Waals surface area contributed by atoms with E-state index >= 15 is 0 Å². The highest BCUT2D eigenvalue weighted by Gasteiger charge is 2.19. The Balaban J connectivity index is 2.22. The van der Waals surface area contributed by atoms with Gasteiger partial charge in [0.25, 0.3) is 0 Å². The normalized spacial score (nSPS) is 26.3. The van der Waals surface area contributed by atoms with Crippen molar-refractivity contribution in [1.82, 2.24) is 5.32 Å². The Hall–Kier alpha value is -0.570. The first-order valence-corrected chi connectivity index (χ1v) is 3.23. The molecule has 0 aliphatic carbocycles. The highest BCUT2D eigenvalue weighted by atomic mass is 16.3. The van der Waals surface area contributed by atoms with E-state index in [-0.39, 0.29) is 18.6 Å². The molecule has 0 spiro atoms. The lowest BCUT2D eigenvalue weighted by Gasteiger charge is -2.04. The number of hydrogen-bond donors (Lipinski definition) is 2. The Labute approximate surface area is 54.1 Å². The molecule has 52 valence electrons. The minimum Gasteiger partial charge on any atom is -0.396 e. The largest absolute Gasteiger partial charge is 0.396 e. The molecule has 2 N–H and O–H groups in total. The van der Waals surface area contributed by atoms with Crippen LogP contribution in [0.3, 0.4) is 0 Å². The molecule has 1 rings (SSSR count). The van der Waals surface area contributed by atoms with Gasteiger partial charge >= 0.3 is 0 Å². The molecule has 0 aromatic heterocycles. The van der Waals surface area contributed by atoms with Gasteiger partial charge in [0.05, 0.1) is 0 Å². The summed E-state index contributed by atoms with van der Waals surface area (Å²) in [7, 11) is 0. The Kier molecular flexibility index (Phi) is 2.05. The number of nitrogens with one attached hydrogen (secondary N) is 1. The average Bonchev–Trinajstić information content (AvgIpc) is 2.17. The highest BCUT2D eigenvalue weighted by Crippen LogP contribution is 2.08. The van der Waals surface area contributed by atoms with E-state index in [9.17, 15) is 4.79 Å². The lowest BCUT2D eigenvalue weighted by atomic mass is 10.2. The van der Waals surface area contributed by atoms with E-state index in [0.717, 1.165) is 6.42 Å². The Morgan fingerprint density at radius 3 is 3.00 bits per heavy atom. The van der Waals surface area contributed by atoms with Crippen LogP contribution in [0, 0.1) is 0 Å². The summed E-state index contributed by atoms with van der Waals surface area (Å²) < 4.78 is 0. The Morgan fingerprint density at radius 1 is 1.78 bits per heavy atom. The van der Waals surface area contributed by atoms with Crippen molar-refractivity contribution in [3.63, 3.8) is 0 Å². The van der Waals surface area contributed by atoms with E-state index in [1.807, 2.05) is 0 Å². The third-order valence-electron chi connectivity index (χ3n) is 1.56. The molecule has 1 aliphatic heterocycles. The molecule has 1 heterocycles. The summed E-state index contributed by atoms with van der Waals surface area (Å²) in [6.45, 7) is 0.172. The molecule has 0 aromatic carbocycles. The quantitative estimate of drug-likeness (QED) is 0.535. The first-order valence-electron chi connectivity index (χ1n) is 3.23. The van der Waals surface area contributed by atoms with Gasteiger partial charge in [-0.05, 0) is 12.8 Å². The molecule has 1 atom stereocenters. The standard InChI is InChI=1S/C6H11NO2/c8-4-3-5-1-2-6(9)7-5/h5,8H,1-4H2,(H,7,9)/t5-/m1/s1. The minimum absolute atomic E-state index is 0.119. The van der Waals surface area contributed by atoms with Gasteiger partial charge in [-0.25, -0.2) is 0 Å². The van der Waals surface area contributed by atoms with Crippen molar-refractivity contribution in [2.24, 2.45) is 0 Å². The molecule has 0 unspecified atom stereocenters. The number of hydrogen-bond acceptors (Lipinski definition) is 2. The second kappa shape index (κ2) is 2.82. The molecule has 1 saturated heterocycles. The Morgan fingerprint density at radius 2 is 2.56 bits per heavy atom. The summed E-state index contributed by atoms with van der Waals surface area (Å²) in [5.41, 5.74) is 0. The average molecular weight is 129 g/mol. The molecule has 1 amide bonds. The smallest absolute Gasteiger partial charge is 0.220 e. The Bertz CT molecular complexity index is 114. The number of amides is 1. The summed E-state index contributed by atoms with van der Waals surface area (Å²) in [6, 6.07) is 0.238. The van der Waals surface area contributed by atoms with E-state index in [0.29, 0.717) is 12.8 Å². The molecule has 0 saturated carbocycles. The van der Waals surface area contributed by atoms with Crippen LogP contribution in [0.1, 0.15) is 19.3 Å². The molecule has 3 heteroatoms. The van der Waals surface area contributed by atoms with Crippen molar-refractivity contribution in [2.75, 3.05) is 6.61 Å². The van der Waals surface area contributed by atoms with Crippen molar-refractivity contribution in [3.05, 3.63) is 0 Å². The van der Waals surface area contributed by atoms with E-state index in [4.69, 9.17) is 5.11 Å². The molecule has 0 bridgehead atoms. The van der Waals surface area contributed by atoms with E-state index in [1.54, 1.807) is 0 Å². The predicted octanol–water partition coefficient (Wildman–Crippen LogP) is -0.353. The molecule has 0 aromatic rings. The van der Waals surface area contributed by atoms with Crippen molar-refractivity contribution in [1.29, 1.82) is 0 Å². The lowest BCUT2D eigenvalue weighted by Crippen LogP contribution is -2.25. The summed E-state index contributed by atoms with van der Waals surface area (Å²) >= 11 is 0. The van der Waals surface area contributed by atoms with Gasteiger partial charge in [-0.1, -0.05) is 0 Å². The summed E-state index contributed by atoms with van der Waals surface area (Å²) in [6.07, 6.45) is 2.22. The van der Waals surface area contributed by atoms with E-state index < -0.39 is 0 Å². The maximum absolute atomic E-state index is 10.5. The fraction of sp³-hybridized carbons (Fsp3) is 0.833. The summed E-state index contributed by atoms with van der Waals surface area (Å²) in [5.74, 6) is 0.119. The van der Waals surface area contributed by atoms with E-state index in [2.05, 4.69) is 5.32 Å². The zero-order valence-corrected chi connectivity index (χ0v) is 5.26. The summed E-state index contributed by atoms with van der Waals surface area (Å²) in [5, 5.41) is 11.2. The number of aliphatic hydroxyl groups is 1. The van der Waals surface area contributed by atoms with Gasteiger partial charge in [-0.15, -0.1) is 0 Å². The number of rotatable bonds is 2. The van der Waals surface area contributed by atoms with Crippen LogP contribution in [0.25, 0.3) is 0 Å². The third-order valence-corrected chi connectivity index (χ3v) is 1.56. The van der Waals surface area contributed by atoms with Crippen molar-refractivity contribution in [3.8, 4) is 0 Å². The predicted molar refractivity (Wildman–Crippen MR) is 32.9 cm³/mol.